The fourth-order valence-electron chi connectivity index (χ4n) is 3.17. The topological polar surface area (TPSA) is 43.0 Å². The van der Waals surface area contributed by atoms with E-state index in [-0.39, 0.29) is 12.2 Å². The van der Waals surface area contributed by atoms with Gasteiger partial charge < -0.3 is 24.4 Å². The number of rotatable bonds is 5. The summed E-state index contributed by atoms with van der Waals surface area (Å²) in [6.07, 6.45) is 1.48. The molecule has 0 spiro atoms. The lowest BCUT2D eigenvalue weighted by Gasteiger charge is -2.30. The standard InChI is InChI=1S/C17H26N2O3/c1-12-6-13-7-16(20-3)14(8-17(13)22-12)9-18-10-15-11-19(2)4-5-21-15/h7-8,12,15,18H,4-6,9-11H2,1-3H3/t12-,15+/m0/s1. The lowest BCUT2D eigenvalue weighted by molar-refractivity contribution is -0.0182. The van der Waals surface area contributed by atoms with Gasteiger partial charge in [0, 0.05) is 43.7 Å². The molecule has 5 heteroatoms. The fourth-order valence-corrected chi connectivity index (χ4v) is 3.17. The minimum absolute atomic E-state index is 0.258. The predicted octanol–water partition coefficient (Wildman–Crippen LogP) is 1.44. The number of nitrogens with zero attached hydrogens (tertiary/aromatic N) is 1. The molecule has 2 heterocycles. The van der Waals surface area contributed by atoms with Gasteiger partial charge in [-0.25, -0.2) is 0 Å². The first-order chi connectivity index (χ1) is 10.7. The Morgan fingerprint density at radius 3 is 3.05 bits per heavy atom. The van der Waals surface area contributed by atoms with Gasteiger partial charge in [-0.2, -0.15) is 0 Å². The highest BCUT2D eigenvalue weighted by Crippen LogP contribution is 2.34. The summed E-state index contributed by atoms with van der Waals surface area (Å²) < 4.78 is 17.1. The molecule has 2 atom stereocenters. The Morgan fingerprint density at radius 1 is 1.41 bits per heavy atom. The van der Waals surface area contributed by atoms with Crippen molar-refractivity contribution in [2.45, 2.75) is 32.1 Å². The van der Waals surface area contributed by atoms with Crippen molar-refractivity contribution in [1.82, 2.24) is 10.2 Å². The minimum atomic E-state index is 0.258. The summed E-state index contributed by atoms with van der Waals surface area (Å²) in [4.78, 5) is 2.31. The van der Waals surface area contributed by atoms with Crippen molar-refractivity contribution in [3.63, 3.8) is 0 Å². The molecule has 1 saturated heterocycles. The van der Waals surface area contributed by atoms with Crippen LogP contribution in [0.5, 0.6) is 11.5 Å². The molecule has 22 heavy (non-hydrogen) atoms. The number of likely N-dealkylation sites (N-methyl/N-ethyl adjacent to an activating group) is 1. The Morgan fingerprint density at radius 2 is 2.27 bits per heavy atom. The Hall–Kier alpha value is -1.30. The number of nitrogens with one attached hydrogen (secondary N) is 1. The second kappa shape index (κ2) is 6.86. The summed E-state index contributed by atoms with van der Waals surface area (Å²) in [5.41, 5.74) is 2.38. The number of fused-ring (bicyclic) bond motifs is 1. The van der Waals surface area contributed by atoms with Gasteiger partial charge in [-0.1, -0.05) is 0 Å². The van der Waals surface area contributed by atoms with Gasteiger partial charge in [-0.3, -0.25) is 0 Å². The van der Waals surface area contributed by atoms with E-state index in [1.165, 1.54) is 5.56 Å². The van der Waals surface area contributed by atoms with Crippen LogP contribution in [0.2, 0.25) is 0 Å². The first-order valence-corrected chi connectivity index (χ1v) is 8.03. The Labute approximate surface area is 132 Å². The first kappa shape index (κ1) is 15.6. The van der Waals surface area contributed by atoms with Gasteiger partial charge in [0.25, 0.3) is 0 Å². The quantitative estimate of drug-likeness (QED) is 0.892. The van der Waals surface area contributed by atoms with Crippen LogP contribution in [0.1, 0.15) is 18.1 Å². The van der Waals surface area contributed by atoms with Gasteiger partial charge in [0.2, 0.25) is 0 Å². The second-order valence-electron chi connectivity index (χ2n) is 6.29. The maximum absolute atomic E-state index is 5.84. The summed E-state index contributed by atoms with van der Waals surface area (Å²) in [6.45, 7) is 6.53. The summed E-state index contributed by atoms with van der Waals surface area (Å²) in [5, 5.41) is 3.48. The van der Waals surface area contributed by atoms with Crippen molar-refractivity contribution < 1.29 is 14.2 Å². The number of morpholine rings is 1. The predicted molar refractivity (Wildman–Crippen MR) is 85.7 cm³/mol. The molecule has 1 N–H and O–H groups in total. The maximum atomic E-state index is 5.84. The Kier molecular flexibility index (Phi) is 4.86. The fraction of sp³-hybridized carbons (Fsp3) is 0.647. The van der Waals surface area contributed by atoms with Crippen molar-refractivity contribution in [2.75, 3.05) is 40.4 Å². The van der Waals surface area contributed by atoms with E-state index in [9.17, 15) is 0 Å². The van der Waals surface area contributed by atoms with E-state index < -0.39 is 0 Å². The first-order valence-electron chi connectivity index (χ1n) is 8.03. The molecule has 0 aromatic heterocycles. The van der Waals surface area contributed by atoms with Crippen LogP contribution in [0.25, 0.3) is 0 Å². The van der Waals surface area contributed by atoms with Crippen molar-refractivity contribution in [3.05, 3.63) is 23.3 Å². The molecule has 0 aliphatic carbocycles. The van der Waals surface area contributed by atoms with Gasteiger partial charge in [0.15, 0.2) is 0 Å². The van der Waals surface area contributed by atoms with Crippen LogP contribution >= 0.6 is 0 Å². The molecule has 3 rings (SSSR count). The van der Waals surface area contributed by atoms with Crippen molar-refractivity contribution in [2.24, 2.45) is 0 Å². The monoisotopic (exact) mass is 306 g/mol. The third-order valence-electron chi connectivity index (χ3n) is 4.33. The molecule has 1 aromatic carbocycles. The molecule has 0 bridgehead atoms. The summed E-state index contributed by atoms with van der Waals surface area (Å²) in [7, 11) is 3.86. The lowest BCUT2D eigenvalue weighted by atomic mass is 10.1. The smallest absolute Gasteiger partial charge is 0.123 e. The molecule has 5 nitrogen and oxygen atoms in total. The highest BCUT2D eigenvalue weighted by molar-refractivity contribution is 5.48. The third-order valence-corrected chi connectivity index (χ3v) is 4.33. The van der Waals surface area contributed by atoms with Crippen LogP contribution in [0.3, 0.4) is 0 Å². The molecule has 0 unspecified atom stereocenters. The molecule has 2 aliphatic heterocycles. The zero-order chi connectivity index (χ0) is 15.5. The Balaban J connectivity index is 1.59. The van der Waals surface area contributed by atoms with Gasteiger partial charge >= 0.3 is 0 Å². The highest BCUT2D eigenvalue weighted by atomic mass is 16.5. The van der Waals surface area contributed by atoms with E-state index in [1.807, 2.05) is 0 Å². The summed E-state index contributed by atoms with van der Waals surface area (Å²) in [6, 6.07) is 4.22. The van der Waals surface area contributed by atoms with Crippen LogP contribution in [0.15, 0.2) is 12.1 Å². The molecule has 0 saturated carbocycles. The summed E-state index contributed by atoms with van der Waals surface area (Å²) >= 11 is 0. The van der Waals surface area contributed by atoms with E-state index in [4.69, 9.17) is 14.2 Å². The molecular weight excluding hydrogens is 280 g/mol. The molecule has 1 aromatic rings. The van der Waals surface area contributed by atoms with Gasteiger partial charge in [-0.15, -0.1) is 0 Å². The van der Waals surface area contributed by atoms with Gasteiger partial charge in [-0.05, 0) is 26.1 Å². The highest BCUT2D eigenvalue weighted by Gasteiger charge is 2.22. The average Bonchev–Trinajstić information content (AvgIpc) is 2.85. The van der Waals surface area contributed by atoms with Crippen LogP contribution < -0.4 is 14.8 Å². The van der Waals surface area contributed by atoms with E-state index in [0.717, 1.165) is 56.3 Å². The summed E-state index contributed by atoms with van der Waals surface area (Å²) in [5.74, 6) is 1.93. The van der Waals surface area contributed by atoms with E-state index in [2.05, 4.69) is 36.3 Å². The lowest BCUT2D eigenvalue weighted by Crippen LogP contribution is -2.44. The minimum Gasteiger partial charge on any atom is -0.496 e. The van der Waals surface area contributed by atoms with Crippen LogP contribution in [-0.2, 0) is 17.7 Å². The SMILES string of the molecule is COc1cc2c(cc1CNC[C@@H]1CN(C)CCO1)O[C@@H](C)C2. The number of ether oxygens (including phenoxy) is 3. The van der Waals surface area contributed by atoms with Crippen LogP contribution in [-0.4, -0.2) is 57.5 Å². The van der Waals surface area contributed by atoms with E-state index >= 15 is 0 Å². The number of methoxy groups -OCH3 is 1. The van der Waals surface area contributed by atoms with Crippen molar-refractivity contribution in [3.8, 4) is 11.5 Å². The largest absolute Gasteiger partial charge is 0.496 e. The molecule has 0 radical (unpaired) electrons. The molecule has 122 valence electrons. The van der Waals surface area contributed by atoms with Gasteiger partial charge in [0.1, 0.15) is 17.6 Å². The number of benzene rings is 1. The number of hydrogen-bond donors (Lipinski definition) is 1. The third kappa shape index (κ3) is 3.54. The number of hydrogen-bond acceptors (Lipinski definition) is 5. The van der Waals surface area contributed by atoms with E-state index in [0.29, 0.717) is 0 Å². The van der Waals surface area contributed by atoms with Crippen LogP contribution in [0.4, 0.5) is 0 Å². The van der Waals surface area contributed by atoms with Crippen molar-refractivity contribution >= 4 is 0 Å². The zero-order valence-corrected chi connectivity index (χ0v) is 13.7. The second-order valence-corrected chi connectivity index (χ2v) is 6.29. The molecular formula is C17H26N2O3. The van der Waals surface area contributed by atoms with Gasteiger partial charge in [0.05, 0.1) is 19.8 Å². The zero-order valence-electron chi connectivity index (χ0n) is 13.7. The van der Waals surface area contributed by atoms with Crippen LogP contribution in [0, 0.1) is 0 Å². The maximum Gasteiger partial charge on any atom is 0.123 e. The molecule has 1 fully saturated rings. The molecule has 2 aliphatic rings. The molecule has 0 amide bonds. The van der Waals surface area contributed by atoms with Crippen molar-refractivity contribution in [1.29, 1.82) is 0 Å². The van der Waals surface area contributed by atoms with E-state index in [1.54, 1.807) is 7.11 Å². The Bertz CT molecular complexity index is 521. The average molecular weight is 306 g/mol. The normalized spacial score (nSPS) is 24.9.